The number of nitrogens with one attached hydrogen (secondary N) is 1. The molecule has 1 aliphatic heterocycles. The van der Waals surface area contributed by atoms with Gasteiger partial charge in [0, 0.05) is 35.4 Å². The third kappa shape index (κ3) is 2.85. The topological polar surface area (TPSA) is 92.1 Å². The smallest absolute Gasteiger partial charge is 0.269 e. The van der Waals surface area contributed by atoms with Gasteiger partial charge in [0.05, 0.1) is 5.52 Å². The van der Waals surface area contributed by atoms with Crippen LogP contribution in [0.5, 0.6) is 0 Å². The number of fused-ring (bicyclic) bond motifs is 3. The van der Waals surface area contributed by atoms with Crippen LogP contribution in [0.3, 0.4) is 0 Å². The fraction of sp³-hybridized carbons (Fsp3) is 0.381. The van der Waals surface area contributed by atoms with Crippen LogP contribution in [0.15, 0.2) is 18.7 Å². The molecule has 140 valence electrons. The van der Waals surface area contributed by atoms with Gasteiger partial charge in [0.2, 0.25) is 5.91 Å². The molecule has 3 N–H and O–H groups in total. The molecule has 1 aliphatic carbocycles. The molecule has 0 saturated heterocycles. The van der Waals surface area contributed by atoms with E-state index in [-0.39, 0.29) is 5.91 Å². The minimum atomic E-state index is -0.519. The Labute approximate surface area is 158 Å². The van der Waals surface area contributed by atoms with Gasteiger partial charge >= 0.3 is 0 Å². The Morgan fingerprint density at radius 1 is 1.33 bits per heavy atom. The van der Waals surface area contributed by atoms with Crippen LogP contribution in [0.1, 0.15) is 52.3 Å². The summed E-state index contributed by atoms with van der Waals surface area (Å²) >= 11 is 0. The molecule has 0 radical (unpaired) electrons. The quantitative estimate of drug-likeness (QED) is 0.820. The maximum Gasteiger partial charge on any atom is 0.269 e. The molecule has 0 aromatic carbocycles. The predicted molar refractivity (Wildman–Crippen MR) is 105 cm³/mol. The van der Waals surface area contributed by atoms with Gasteiger partial charge in [-0.2, -0.15) is 0 Å². The number of rotatable bonds is 3. The van der Waals surface area contributed by atoms with Crippen LogP contribution in [0.4, 0.5) is 0 Å². The van der Waals surface area contributed by atoms with Crippen LogP contribution in [0, 0.1) is 6.92 Å². The molecular weight excluding hydrogens is 340 g/mol. The van der Waals surface area contributed by atoms with Crippen LogP contribution in [-0.4, -0.2) is 39.8 Å². The monoisotopic (exact) mass is 364 g/mol. The normalized spacial score (nSPS) is 16.8. The molecule has 2 aromatic heterocycles. The molecule has 2 aromatic rings. The fourth-order valence-corrected chi connectivity index (χ4v) is 4.41. The van der Waals surface area contributed by atoms with E-state index in [9.17, 15) is 9.59 Å². The van der Waals surface area contributed by atoms with Crippen molar-refractivity contribution in [2.24, 2.45) is 5.73 Å². The van der Waals surface area contributed by atoms with Gasteiger partial charge in [0.25, 0.3) is 5.91 Å². The molecule has 6 nitrogen and oxygen atoms in total. The second-order valence-electron chi connectivity index (χ2n) is 7.31. The Morgan fingerprint density at radius 2 is 2.11 bits per heavy atom. The Hall–Kier alpha value is -2.89. The summed E-state index contributed by atoms with van der Waals surface area (Å²) in [6.07, 6.45) is 8.55. The number of nitrogens with zero attached hydrogens (tertiary/aromatic N) is 2. The van der Waals surface area contributed by atoms with Crippen LogP contribution in [0.25, 0.3) is 16.5 Å². The number of amides is 2. The zero-order chi connectivity index (χ0) is 19.1. The first kappa shape index (κ1) is 17.5. The molecule has 3 heterocycles. The van der Waals surface area contributed by atoms with Crippen molar-refractivity contribution in [2.75, 3.05) is 13.1 Å². The van der Waals surface area contributed by atoms with Crippen molar-refractivity contribution in [2.45, 2.75) is 39.0 Å². The summed E-state index contributed by atoms with van der Waals surface area (Å²) in [7, 11) is 0. The van der Waals surface area contributed by atoms with Gasteiger partial charge < -0.3 is 15.6 Å². The SMILES string of the molecule is C=CC(=O)N1CCC=C(c2c(C)nc(C(N)=O)c3[nH]c4c(c23)CCCC4)C1. The summed E-state index contributed by atoms with van der Waals surface area (Å²) in [5.41, 5.74) is 12.0. The number of carbonyl (C=O) groups is 2. The first-order valence-corrected chi connectivity index (χ1v) is 9.45. The van der Waals surface area contributed by atoms with Crippen molar-refractivity contribution in [3.63, 3.8) is 0 Å². The van der Waals surface area contributed by atoms with Gasteiger partial charge in [0.15, 0.2) is 5.69 Å². The van der Waals surface area contributed by atoms with E-state index in [0.717, 1.165) is 59.8 Å². The summed E-state index contributed by atoms with van der Waals surface area (Å²) in [4.78, 5) is 33.9. The molecule has 0 fully saturated rings. The Kier molecular flexibility index (Phi) is 4.34. The van der Waals surface area contributed by atoms with Gasteiger partial charge in [0.1, 0.15) is 0 Å². The summed E-state index contributed by atoms with van der Waals surface area (Å²) < 4.78 is 0. The lowest BCUT2D eigenvalue weighted by Gasteiger charge is -2.28. The molecule has 2 aliphatic rings. The number of nitrogens with two attached hydrogens (primary N) is 1. The number of primary amides is 1. The summed E-state index contributed by atoms with van der Waals surface area (Å²) in [6, 6.07) is 0. The second kappa shape index (κ2) is 6.68. The summed E-state index contributed by atoms with van der Waals surface area (Å²) in [6.45, 7) is 6.73. The number of hydrogen-bond donors (Lipinski definition) is 2. The lowest BCUT2D eigenvalue weighted by molar-refractivity contribution is -0.125. The van der Waals surface area contributed by atoms with Gasteiger partial charge in [-0.1, -0.05) is 12.7 Å². The number of aromatic amines is 1. The summed E-state index contributed by atoms with van der Waals surface area (Å²) in [5, 5.41) is 1.06. The molecule has 0 spiro atoms. The van der Waals surface area contributed by atoms with Gasteiger partial charge in [-0.15, -0.1) is 0 Å². The molecular formula is C21H24N4O2. The highest BCUT2D eigenvalue weighted by Crippen LogP contribution is 2.37. The second-order valence-corrected chi connectivity index (χ2v) is 7.31. The molecule has 0 saturated carbocycles. The van der Waals surface area contributed by atoms with Crippen molar-refractivity contribution in [3.05, 3.63) is 46.9 Å². The molecule has 0 unspecified atom stereocenters. The largest absolute Gasteiger partial charge is 0.364 e. The van der Waals surface area contributed by atoms with Crippen LogP contribution in [0.2, 0.25) is 0 Å². The zero-order valence-electron chi connectivity index (χ0n) is 15.6. The highest BCUT2D eigenvalue weighted by atomic mass is 16.2. The van der Waals surface area contributed by atoms with E-state index in [4.69, 9.17) is 5.73 Å². The number of pyridine rings is 1. The van der Waals surface area contributed by atoms with E-state index >= 15 is 0 Å². The van der Waals surface area contributed by atoms with Crippen LogP contribution in [-0.2, 0) is 17.6 Å². The molecule has 2 amide bonds. The van der Waals surface area contributed by atoms with Gasteiger partial charge in [-0.25, -0.2) is 4.98 Å². The first-order valence-electron chi connectivity index (χ1n) is 9.45. The lowest BCUT2D eigenvalue weighted by atomic mass is 9.89. The average molecular weight is 364 g/mol. The van der Waals surface area contributed by atoms with E-state index < -0.39 is 5.91 Å². The van der Waals surface area contributed by atoms with Gasteiger partial charge in [-0.3, -0.25) is 9.59 Å². The number of H-pyrrole nitrogens is 1. The molecule has 0 atom stereocenters. The Balaban J connectivity index is 1.94. The number of carbonyl (C=O) groups excluding carboxylic acids is 2. The third-order valence-electron chi connectivity index (χ3n) is 5.62. The Morgan fingerprint density at radius 3 is 2.85 bits per heavy atom. The lowest BCUT2D eigenvalue weighted by Crippen LogP contribution is -2.34. The zero-order valence-corrected chi connectivity index (χ0v) is 15.6. The highest BCUT2D eigenvalue weighted by molar-refractivity contribution is 6.08. The molecule has 27 heavy (non-hydrogen) atoms. The van der Waals surface area contributed by atoms with Crippen molar-refractivity contribution in [1.82, 2.24) is 14.9 Å². The highest BCUT2D eigenvalue weighted by Gasteiger charge is 2.27. The fourth-order valence-electron chi connectivity index (χ4n) is 4.41. The van der Waals surface area contributed by atoms with Gasteiger partial charge in [-0.05, 0) is 56.2 Å². The number of aryl methyl sites for hydroxylation is 3. The van der Waals surface area contributed by atoms with Crippen molar-refractivity contribution < 1.29 is 9.59 Å². The van der Waals surface area contributed by atoms with E-state index in [2.05, 4.69) is 22.6 Å². The van der Waals surface area contributed by atoms with E-state index in [1.54, 1.807) is 4.90 Å². The van der Waals surface area contributed by atoms with Crippen molar-refractivity contribution in [1.29, 1.82) is 0 Å². The third-order valence-corrected chi connectivity index (χ3v) is 5.62. The van der Waals surface area contributed by atoms with Crippen molar-refractivity contribution in [3.8, 4) is 0 Å². The number of hydrogen-bond acceptors (Lipinski definition) is 3. The van der Waals surface area contributed by atoms with Crippen molar-refractivity contribution >= 4 is 28.3 Å². The molecule has 0 bridgehead atoms. The van der Waals surface area contributed by atoms with E-state index in [1.807, 2.05) is 6.92 Å². The van der Waals surface area contributed by atoms with E-state index in [1.165, 1.54) is 17.3 Å². The standard InChI is InChI=1S/C21H24N4O2/c1-3-16(26)25-10-6-7-13(11-25)17-12(2)23-20(21(22)27)19-18(17)14-8-4-5-9-15(14)24-19/h3,7,24H,1,4-6,8-11H2,2H3,(H2,22,27). The summed E-state index contributed by atoms with van der Waals surface area (Å²) in [5.74, 6) is -0.582. The molecule has 4 rings (SSSR count). The van der Waals surface area contributed by atoms with Crippen LogP contribution >= 0.6 is 0 Å². The van der Waals surface area contributed by atoms with E-state index in [0.29, 0.717) is 18.8 Å². The number of aromatic nitrogens is 2. The Bertz CT molecular complexity index is 1000. The average Bonchev–Trinajstić information content (AvgIpc) is 3.06. The minimum Gasteiger partial charge on any atom is -0.364 e. The predicted octanol–water partition coefficient (Wildman–Crippen LogP) is 2.65. The molecule has 6 heteroatoms. The first-order chi connectivity index (χ1) is 13.0. The maximum absolute atomic E-state index is 12.1. The maximum atomic E-state index is 12.1. The van der Waals surface area contributed by atoms with Crippen LogP contribution < -0.4 is 5.73 Å². The minimum absolute atomic E-state index is 0.0627.